The second-order valence-electron chi connectivity index (χ2n) is 2.23. The van der Waals surface area contributed by atoms with E-state index in [4.69, 9.17) is 15.9 Å². The number of carbonyl (C=O) groups excluding carboxylic acids is 1. The van der Waals surface area contributed by atoms with Gasteiger partial charge in [0.05, 0.1) is 5.56 Å². The van der Waals surface area contributed by atoms with Gasteiger partial charge >= 0.3 is 6.18 Å². The molecule has 0 heterocycles. The zero-order valence-corrected chi connectivity index (χ0v) is 6.93. The summed E-state index contributed by atoms with van der Waals surface area (Å²) in [5.41, 5.74) is 4.57. The molecule has 0 atom stereocenters. The molecule has 0 amide bonds. The van der Waals surface area contributed by atoms with E-state index in [1.165, 1.54) is 12.1 Å². The van der Waals surface area contributed by atoms with Gasteiger partial charge in [-0.25, -0.2) is 10.2 Å². The normalized spacial score (nSPS) is 9.64. The molecule has 0 saturated heterocycles. The number of nitrogens with one attached hydrogen (secondary N) is 1. The Bertz CT molecular complexity index is 330. The lowest BCUT2D eigenvalue weighted by molar-refractivity contribution is -0.137. The SMILES string of the molecule is N=C=O.Nc1cccc(C(F)(F)F)c1. The molecule has 0 aliphatic heterocycles. The third-order valence-corrected chi connectivity index (χ3v) is 1.21. The van der Waals surface area contributed by atoms with Gasteiger partial charge < -0.3 is 5.73 Å². The standard InChI is InChI=1S/C7H6F3N.CHNO/c8-7(9,10)5-2-1-3-6(11)4-5;2-1-3/h1-4H,11H2;2H. The van der Waals surface area contributed by atoms with Crippen molar-refractivity contribution in [1.29, 1.82) is 5.41 Å². The minimum absolute atomic E-state index is 0.125. The second kappa shape index (κ2) is 5.04. The predicted octanol–water partition coefficient (Wildman–Crippen LogP) is 2.19. The molecule has 0 bridgehead atoms. The molecule has 0 aliphatic rings. The van der Waals surface area contributed by atoms with Gasteiger partial charge in [-0.05, 0) is 18.2 Å². The van der Waals surface area contributed by atoms with Crippen LogP contribution in [0.1, 0.15) is 5.56 Å². The summed E-state index contributed by atoms with van der Waals surface area (Å²) in [6, 6.07) is 4.57. The fourth-order valence-electron chi connectivity index (χ4n) is 0.715. The number of halogens is 3. The molecule has 0 fully saturated rings. The van der Waals surface area contributed by atoms with Crippen LogP contribution >= 0.6 is 0 Å². The first kappa shape index (κ1) is 12.2. The first-order valence-electron chi connectivity index (χ1n) is 3.38. The van der Waals surface area contributed by atoms with Gasteiger partial charge in [-0.15, -0.1) is 0 Å². The topological polar surface area (TPSA) is 66.9 Å². The van der Waals surface area contributed by atoms with Crippen molar-refractivity contribution in [3.05, 3.63) is 29.8 Å². The first-order chi connectivity index (χ1) is 6.41. The molecule has 3 N–H and O–H groups in total. The van der Waals surface area contributed by atoms with Gasteiger partial charge in [-0.1, -0.05) is 6.07 Å². The van der Waals surface area contributed by atoms with Crippen molar-refractivity contribution < 1.29 is 18.0 Å². The summed E-state index contributed by atoms with van der Waals surface area (Å²) < 4.78 is 35.7. The molecule has 14 heavy (non-hydrogen) atoms. The summed E-state index contributed by atoms with van der Waals surface area (Å²) >= 11 is 0. The number of anilines is 1. The lowest BCUT2D eigenvalue weighted by atomic mass is 10.2. The average molecular weight is 204 g/mol. The highest BCUT2D eigenvalue weighted by Crippen LogP contribution is 2.29. The Balaban J connectivity index is 0.000000500. The van der Waals surface area contributed by atoms with Gasteiger partial charge in [-0.2, -0.15) is 13.2 Å². The van der Waals surface area contributed by atoms with Crippen molar-refractivity contribution in [2.45, 2.75) is 6.18 Å². The zero-order valence-electron chi connectivity index (χ0n) is 6.93. The Kier molecular flexibility index (Phi) is 4.38. The number of hydrogen-bond acceptors (Lipinski definition) is 3. The molecule has 3 nitrogen and oxygen atoms in total. The summed E-state index contributed by atoms with van der Waals surface area (Å²) in [5.74, 6) is 0. The number of benzene rings is 1. The van der Waals surface area contributed by atoms with Crippen LogP contribution in [0.15, 0.2) is 24.3 Å². The van der Waals surface area contributed by atoms with Gasteiger partial charge in [0.2, 0.25) is 6.08 Å². The van der Waals surface area contributed by atoms with E-state index in [1.54, 1.807) is 0 Å². The van der Waals surface area contributed by atoms with Gasteiger partial charge in [-0.3, -0.25) is 0 Å². The minimum Gasteiger partial charge on any atom is -0.399 e. The van der Waals surface area contributed by atoms with Crippen LogP contribution in [0.2, 0.25) is 0 Å². The fraction of sp³-hybridized carbons (Fsp3) is 0.125. The van der Waals surface area contributed by atoms with Crippen molar-refractivity contribution in [1.82, 2.24) is 0 Å². The van der Waals surface area contributed by atoms with Crippen LogP contribution in [0.4, 0.5) is 18.9 Å². The Morgan fingerprint density at radius 1 is 1.36 bits per heavy atom. The van der Waals surface area contributed by atoms with Crippen molar-refractivity contribution in [3.8, 4) is 0 Å². The van der Waals surface area contributed by atoms with Crippen LogP contribution in [0.3, 0.4) is 0 Å². The van der Waals surface area contributed by atoms with Gasteiger partial charge in [0.1, 0.15) is 0 Å². The van der Waals surface area contributed by atoms with E-state index in [1.807, 2.05) is 0 Å². The summed E-state index contributed by atoms with van der Waals surface area (Å²) in [6.45, 7) is 0. The highest BCUT2D eigenvalue weighted by Gasteiger charge is 2.30. The van der Waals surface area contributed by atoms with Crippen LogP contribution in [0.25, 0.3) is 0 Å². The van der Waals surface area contributed by atoms with E-state index in [2.05, 4.69) is 0 Å². The fourth-order valence-corrected chi connectivity index (χ4v) is 0.715. The lowest BCUT2D eigenvalue weighted by Crippen LogP contribution is -2.04. The molecule has 1 aromatic carbocycles. The number of nitrogens with two attached hydrogens (primary N) is 1. The van der Waals surface area contributed by atoms with Crippen LogP contribution < -0.4 is 5.73 Å². The predicted molar refractivity (Wildman–Crippen MR) is 44.3 cm³/mol. The molecule has 76 valence electrons. The number of nitrogen functional groups attached to an aromatic ring is 1. The molecule has 1 aromatic rings. The molecule has 6 heteroatoms. The lowest BCUT2D eigenvalue weighted by Gasteiger charge is -2.05. The monoisotopic (exact) mass is 204 g/mol. The third-order valence-electron chi connectivity index (χ3n) is 1.21. The molecule has 0 radical (unpaired) electrons. The molecule has 0 unspecified atom stereocenters. The Morgan fingerprint density at radius 3 is 2.14 bits per heavy atom. The minimum atomic E-state index is -4.30. The van der Waals surface area contributed by atoms with E-state index in [-0.39, 0.29) is 5.69 Å². The Morgan fingerprint density at radius 2 is 1.86 bits per heavy atom. The number of alkyl halides is 3. The highest BCUT2D eigenvalue weighted by molar-refractivity contribution is 5.41. The Labute approximate surface area is 77.9 Å². The van der Waals surface area contributed by atoms with Gasteiger partial charge in [0, 0.05) is 5.69 Å². The van der Waals surface area contributed by atoms with Crippen molar-refractivity contribution >= 4 is 11.8 Å². The van der Waals surface area contributed by atoms with Crippen molar-refractivity contribution in [3.63, 3.8) is 0 Å². The van der Waals surface area contributed by atoms with Crippen LogP contribution in [0, 0.1) is 5.41 Å². The number of rotatable bonds is 0. The maximum Gasteiger partial charge on any atom is 0.416 e. The van der Waals surface area contributed by atoms with Crippen LogP contribution in [-0.4, -0.2) is 6.08 Å². The second-order valence-corrected chi connectivity index (χ2v) is 2.23. The Hall–Kier alpha value is -1.81. The van der Waals surface area contributed by atoms with E-state index >= 15 is 0 Å². The quantitative estimate of drug-likeness (QED) is 0.386. The summed E-state index contributed by atoms with van der Waals surface area (Å²) in [6.07, 6.45) is -3.55. The molecule has 0 aromatic heterocycles. The maximum absolute atomic E-state index is 11.9. The molecule has 0 spiro atoms. The molecule has 1 rings (SSSR count). The van der Waals surface area contributed by atoms with Gasteiger partial charge in [0.15, 0.2) is 0 Å². The molecule has 0 aliphatic carbocycles. The third kappa shape index (κ3) is 4.27. The highest BCUT2D eigenvalue weighted by atomic mass is 19.4. The largest absolute Gasteiger partial charge is 0.416 e. The van der Waals surface area contributed by atoms with E-state index < -0.39 is 11.7 Å². The van der Waals surface area contributed by atoms with Crippen LogP contribution in [0.5, 0.6) is 0 Å². The van der Waals surface area contributed by atoms with Gasteiger partial charge in [0.25, 0.3) is 0 Å². The number of isocyanates is 1. The van der Waals surface area contributed by atoms with Crippen molar-refractivity contribution in [2.24, 2.45) is 0 Å². The zero-order chi connectivity index (χ0) is 11.2. The summed E-state index contributed by atoms with van der Waals surface area (Å²) in [4.78, 5) is 8.35. The summed E-state index contributed by atoms with van der Waals surface area (Å²) in [7, 11) is 0. The first-order valence-corrected chi connectivity index (χ1v) is 3.38. The maximum atomic E-state index is 11.9. The van der Waals surface area contributed by atoms with Crippen molar-refractivity contribution in [2.75, 3.05) is 5.73 Å². The molecular formula is C8H7F3N2O. The number of hydrogen-bond donors (Lipinski definition) is 2. The van der Waals surface area contributed by atoms with E-state index in [0.717, 1.165) is 18.2 Å². The van der Waals surface area contributed by atoms with Crippen LogP contribution in [-0.2, 0) is 11.0 Å². The smallest absolute Gasteiger partial charge is 0.399 e. The molecule has 0 saturated carbocycles. The summed E-state index contributed by atoms with van der Waals surface area (Å²) in [5, 5.41) is 5.40. The molecular weight excluding hydrogens is 197 g/mol. The van der Waals surface area contributed by atoms with E-state index in [0.29, 0.717) is 0 Å². The van der Waals surface area contributed by atoms with E-state index in [9.17, 15) is 13.2 Å². The average Bonchev–Trinajstić information content (AvgIpc) is 2.04.